The predicted molar refractivity (Wildman–Crippen MR) is 140 cm³/mol. The molecule has 3 aromatic rings. The third-order valence-corrected chi connectivity index (χ3v) is 7.58. The van der Waals surface area contributed by atoms with Gasteiger partial charge in [-0.3, -0.25) is 4.98 Å². The summed E-state index contributed by atoms with van der Waals surface area (Å²) < 4.78 is 67.1. The molecule has 1 aliphatic heterocycles. The van der Waals surface area contributed by atoms with Crippen LogP contribution < -0.4 is 0 Å². The third-order valence-electron chi connectivity index (χ3n) is 7.37. The number of aromatic nitrogens is 1. The zero-order valence-corrected chi connectivity index (χ0v) is 21.5. The molecule has 8 heteroatoms. The molecule has 0 atom stereocenters. The van der Waals surface area contributed by atoms with Gasteiger partial charge in [0.2, 0.25) is 6.43 Å². The number of hydrogen-bond donors (Lipinski definition) is 0. The Labute approximate surface area is 224 Å². The van der Waals surface area contributed by atoms with Gasteiger partial charge in [-0.15, -0.1) is 0 Å². The van der Waals surface area contributed by atoms with Crippen LogP contribution in [0, 0.1) is 5.92 Å². The number of alkyl halides is 5. The summed E-state index contributed by atoms with van der Waals surface area (Å²) in [6, 6.07) is 16.8. The Kier molecular flexibility index (Phi) is 7.87. The summed E-state index contributed by atoms with van der Waals surface area (Å²) in [6.07, 6.45) is -2.92. The van der Waals surface area contributed by atoms with Crippen LogP contribution in [-0.2, 0) is 19.0 Å². The Bertz CT molecular complexity index is 1310. The fraction of sp³-hybridized carbons (Fsp3) is 0.367. The van der Waals surface area contributed by atoms with Crippen molar-refractivity contribution in [3.05, 3.63) is 99.3 Å². The van der Waals surface area contributed by atoms with Crippen LogP contribution >= 0.6 is 11.6 Å². The number of allylic oxidation sites excluding steroid dienone is 1. The van der Waals surface area contributed by atoms with Gasteiger partial charge in [0, 0.05) is 32.3 Å². The van der Waals surface area contributed by atoms with E-state index in [1.807, 2.05) is 53.4 Å². The van der Waals surface area contributed by atoms with Gasteiger partial charge in [0.15, 0.2) is 0 Å². The van der Waals surface area contributed by atoms with Gasteiger partial charge >= 0.3 is 6.18 Å². The Morgan fingerprint density at radius 3 is 2.45 bits per heavy atom. The summed E-state index contributed by atoms with van der Waals surface area (Å²) in [5, 5.41) is -0.0506. The predicted octanol–water partition coefficient (Wildman–Crippen LogP) is 8.18. The molecule has 0 radical (unpaired) electrons. The molecule has 0 unspecified atom stereocenters. The van der Waals surface area contributed by atoms with Crippen molar-refractivity contribution in [1.29, 1.82) is 0 Å². The molecule has 0 amide bonds. The molecule has 2 heterocycles. The van der Waals surface area contributed by atoms with E-state index in [4.69, 9.17) is 11.6 Å². The molecule has 2 nitrogen and oxygen atoms in total. The minimum Gasteiger partial charge on any atom is -0.302 e. The molecule has 0 N–H and O–H groups in total. The average Bonchev–Trinajstić information content (AvgIpc) is 3.05. The van der Waals surface area contributed by atoms with Crippen LogP contribution in [0.3, 0.4) is 0 Å². The molecule has 0 spiro atoms. The van der Waals surface area contributed by atoms with Crippen molar-refractivity contribution in [3.63, 3.8) is 0 Å². The second-order valence-electron chi connectivity index (χ2n) is 10.1. The normalized spacial score (nSPS) is 16.9. The molecule has 0 saturated carbocycles. The number of nitrogens with zero attached hydrogens (tertiary/aromatic N) is 2. The zero-order valence-electron chi connectivity index (χ0n) is 20.7. The van der Waals surface area contributed by atoms with Crippen molar-refractivity contribution in [1.82, 2.24) is 9.88 Å². The fourth-order valence-electron chi connectivity index (χ4n) is 5.60. The summed E-state index contributed by atoms with van der Waals surface area (Å²) >= 11 is 5.93. The quantitative estimate of drug-likeness (QED) is 0.278. The average molecular weight is 547 g/mol. The van der Waals surface area contributed by atoms with Crippen LogP contribution in [-0.4, -0.2) is 35.9 Å². The maximum absolute atomic E-state index is 14.1. The van der Waals surface area contributed by atoms with Gasteiger partial charge in [-0.05, 0) is 71.1 Å². The van der Waals surface area contributed by atoms with Crippen molar-refractivity contribution >= 4 is 22.7 Å². The van der Waals surface area contributed by atoms with E-state index < -0.39 is 18.2 Å². The van der Waals surface area contributed by atoms with Crippen LogP contribution in [0.1, 0.15) is 52.8 Å². The number of hydrogen-bond acceptors (Lipinski definition) is 2. The minimum atomic E-state index is -4.59. The summed E-state index contributed by atoms with van der Waals surface area (Å²) in [6.45, 7) is 2.03. The first-order valence-electron chi connectivity index (χ1n) is 12.8. The van der Waals surface area contributed by atoms with E-state index in [9.17, 15) is 22.0 Å². The maximum Gasteiger partial charge on any atom is 0.418 e. The lowest BCUT2D eigenvalue weighted by atomic mass is 9.86. The van der Waals surface area contributed by atoms with Gasteiger partial charge in [-0.2, -0.15) is 13.2 Å². The van der Waals surface area contributed by atoms with E-state index >= 15 is 0 Å². The highest BCUT2D eigenvalue weighted by Gasteiger charge is 2.36. The lowest BCUT2D eigenvalue weighted by molar-refractivity contribution is -0.138. The number of benzene rings is 2. The second kappa shape index (κ2) is 11.1. The van der Waals surface area contributed by atoms with Gasteiger partial charge < -0.3 is 4.90 Å². The number of fused-ring (bicyclic) bond motifs is 1. The maximum atomic E-state index is 14.1. The van der Waals surface area contributed by atoms with E-state index in [1.54, 1.807) is 0 Å². The van der Waals surface area contributed by atoms with Crippen LogP contribution in [0.5, 0.6) is 0 Å². The molecule has 2 aromatic carbocycles. The molecule has 1 aliphatic carbocycles. The van der Waals surface area contributed by atoms with Crippen LogP contribution in [0.15, 0.2) is 60.8 Å². The van der Waals surface area contributed by atoms with Gasteiger partial charge in [-0.25, -0.2) is 8.78 Å². The van der Waals surface area contributed by atoms with Crippen molar-refractivity contribution in [2.45, 2.75) is 44.7 Å². The van der Waals surface area contributed by atoms with E-state index in [-0.39, 0.29) is 17.1 Å². The van der Waals surface area contributed by atoms with Gasteiger partial charge in [-0.1, -0.05) is 60.1 Å². The fourth-order valence-corrected chi connectivity index (χ4v) is 5.76. The first kappa shape index (κ1) is 26.8. The van der Waals surface area contributed by atoms with E-state index in [0.717, 1.165) is 59.8 Å². The highest BCUT2D eigenvalue weighted by atomic mass is 35.5. The van der Waals surface area contributed by atoms with Gasteiger partial charge in [0.1, 0.15) is 0 Å². The third kappa shape index (κ3) is 5.94. The lowest BCUT2D eigenvalue weighted by Crippen LogP contribution is -2.48. The molecule has 1 saturated heterocycles. The summed E-state index contributed by atoms with van der Waals surface area (Å²) in [5.41, 5.74) is 4.43. The van der Waals surface area contributed by atoms with E-state index in [2.05, 4.69) is 4.98 Å². The standard InChI is InChI=1S/C30H28ClF5N2/c31-23-15-26(30(34,35)36)29(37-16-23)25-7-3-5-21-4-1-2-6-24(21)28(25)22-10-8-19(9-11-22)14-20-17-38(18-20)13-12-27(32)33/h1-2,4,6,8-11,15-16,20,27H,3,5,7,12-14,17-18H2. The number of aryl methyl sites for hydroxylation is 1. The molecule has 38 heavy (non-hydrogen) atoms. The highest BCUT2D eigenvalue weighted by Crippen LogP contribution is 2.43. The zero-order chi connectivity index (χ0) is 26.9. The second-order valence-corrected chi connectivity index (χ2v) is 10.6. The van der Waals surface area contributed by atoms with E-state index in [1.165, 1.54) is 6.20 Å². The van der Waals surface area contributed by atoms with Crippen LogP contribution in [0.2, 0.25) is 5.02 Å². The number of rotatable bonds is 7. The largest absolute Gasteiger partial charge is 0.418 e. The molecule has 0 bridgehead atoms. The Balaban J connectivity index is 1.49. The topological polar surface area (TPSA) is 16.1 Å². The smallest absolute Gasteiger partial charge is 0.302 e. The summed E-state index contributed by atoms with van der Waals surface area (Å²) in [7, 11) is 0. The molecule has 2 aliphatic rings. The molecule has 1 aromatic heterocycles. The molecular weight excluding hydrogens is 519 g/mol. The van der Waals surface area contributed by atoms with Crippen LogP contribution in [0.4, 0.5) is 22.0 Å². The summed E-state index contributed by atoms with van der Waals surface area (Å²) in [4.78, 5) is 6.25. The Hall–Kier alpha value is -2.77. The van der Waals surface area contributed by atoms with Crippen molar-refractivity contribution < 1.29 is 22.0 Å². The first-order valence-corrected chi connectivity index (χ1v) is 13.2. The summed E-state index contributed by atoms with van der Waals surface area (Å²) in [5.74, 6) is 0.416. The molecule has 200 valence electrons. The monoisotopic (exact) mass is 546 g/mol. The number of pyridine rings is 1. The van der Waals surface area contributed by atoms with Crippen molar-refractivity contribution in [3.8, 4) is 0 Å². The number of likely N-dealkylation sites (tertiary alicyclic amines) is 1. The van der Waals surface area contributed by atoms with Crippen LogP contribution in [0.25, 0.3) is 11.1 Å². The van der Waals surface area contributed by atoms with Crippen molar-refractivity contribution in [2.75, 3.05) is 19.6 Å². The minimum absolute atomic E-state index is 0.0506. The molecular formula is C30H28ClF5N2. The Morgan fingerprint density at radius 2 is 1.74 bits per heavy atom. The number of halogens is 6. The molecule has 1 fully saturated rings. The molecule has 5 rings (SSSR count). The lowest BCUT2D eigenvalue weighted by Gasteiger charge is -2.39. The highest BCUT2D eigenvalue weighted by molar-refractivity contribution is 6.30. The van der Waals surface area contributed by atoms with E-state index in [0.29, 0.717) is 30.9 Å². The SMILES string of the molecule is FC(F)CCN1CC(Cc2ccc(C3=C(c4ncc(Cl)cc4C(F)(F)F)CCCc4ccccc43)cc2)C1. The van der Waals surface area contributed by atoms with Gasteiger partial charge in [0.25, 0.3) is 0 Å². The van der Waals surface area contributed by atoms with Crippen molar-refractivity contribution in [2.24, 2.45) is 5.92 Å². The van der Waals surface area contributed by atoms with Gasteiger partial charge in [0.05, 0.1) is 16.3 Å². The Morgan fingerprint density at radius 1 is 1.00 bits per heavy atom. The first-order chi connectivity index (χ1) is 18.2.